The molecule has 0 amide bonds. The third-order valence-electron chi connectivity index (χ3n) is 4.13. The number of benzene rings is 1. The molecule has 1 N–H and O–H groups in total. The number of rotatable bonds is 3. The largest absolute Gasteiger partial charge is 0.342 e. The topological polar surface area (TPSA) is 66.1 Å². The number of para-hydroxylation sites is 2. The first kappa shape index (κ1) is 14.5. The minimum absolute atomic E-state index is 0.152. The number of hydrogen-bond acceptors (Lipinski definition) is 3. The third-order valence-corrected chi connectivity index (χ3v) is 6.38. The van der Waals surface area contributed by atoms with Crippen LogP contribution in [0.3, 0.4) is 0 Å². The highest BCUT2D eigenvalue weighted by atomic mass is 32.2. The number of fused-ring (bicyclic) bond motifs is 1. The maximum Gasteiger partial charge on any atom is 0.216 e. The standard InChI is InChI=1S/C15H21N3O2S/c1-11(2)21(19,20)18-9-5-6-12(10-18)15-16-13-7-3-4-8-14(13)17-15/h3-4,7-8,11-12H,5-6,9-10H2,1-2H3,(H,16,17). The number of nitrogens with one attached hydrogen (secondary N) is 1. The lowest BCUT2D eigenvalue weighted by molar-refractivity contribution is 0.308. The van der Waals surface area contributed by atoms with Crippen molar-refractivity contribution in [3.05, 3.63) is 30.1 Å². The van der Waals surface area contributed by atoms with Crippen molar-refractivity contribution in [3.63, 3.8) is 0 Å². The minimum Gasteiger partial charge on any atom is -0.342 e. The monoisotopic (exact) mass is 307 g/mol. The molecule has 21 heavy (non-hydrogen) atoms. The molecule has 2 aromatic rings. The van der Waals surface area contributed by atoms with E-state index in [-0.39, 0.29) is 11.2 Å². The number of nitrogens with zero attached hydrogens (tertiary/aromatic N) is 2. The summed E-state index contributed by atoms with van der Waals surface area (Å²) in [6.07, 6.45) is 1.86. The molecule has 6 heteroatoms. The lowest BCUT2D eigenvalue weighted by Gasteiger charge is -2.32. The van der Waals surface area contributed by atoms with Crippen LogP contribution in [-0.2, 0) is 10.0 Å². The number of piperidine rings is 1. The van der Waals surface area contributed by atoms with E-state index in [1.165, 1.54) is 0 Å². The zero-order valence-electron chi connectivity index (χ0n) is 12.4. The second-order valence-electron chi connectivity index (χ2n) is 5.93. The van der Waals surface area contributed by atoms with E-state index in [2.05, 4.69) is 9.97 Å². The Bertz CT molecular complexity index is 703. The van der Waals surface area contributed by atoms with E-state index in [9.17, 15) is 8.42 Å². The van der Waals surface area contributed by atoms with Crippen molar-refractivity contribution < 1.29 is 8.42 Å². The summed E-state index contributed by atoms with van der Waals surface area (Å²) in [4.78, 5) is 7.95. The first-order valence-corrected chi connectivity index (χ1v) is 8.92. The molecule has 1 aromatic heterocycles. The van der Waals surface area contributed by atoms with Gasteiger partial charge in [-0.15, -0.1) is 0 Å². The van der Waals surface area contributed by atoms with Crippen LogP contribution in [0, 0.1) is 0 Å². The molecule has 1 fully saturated rings. The second-order valence-corrected chi connectivity index (χ2v) is 8.42. The normalized spacial score (nSPS) is 21.2. The summed E-state index contributed by atoms with van der Waals surface area (Å²) in [6, 6.07) is 7.90. The van der Waals surface area contributed by atoms with Crippen LogP contribution >= 0.6 is 0 Å². The molecule has 114 valence electrons. The van der Waals surface area contributed by atoms with Crippen LogP contribution in [0.1, 0.15) is 38.4 Å². The van der Waals surface area contributed by atoms with Crippen LogP contribution in [0.5, 0.6) is 0 Å². The summed E-state index contributed by atoms with van der Waals surface area (Å²) in [5.41, 5.74) is 1.95. The summed E-state index contributed by atoms with van der Waals surface area (Å²) in [6.45, 7) is 4.62. The highest BCUT2D eigenvalue weighted by Crippen LogP contribution is 2.28. The van der Waals surface area contributed by atoms with E-state index in [1.807, 2.05) is 24.3 Å². The molecule has 1 aliphatic rings. The molecule has 1 atom stereocenters. The van der Waals surface area contributed by atoms with E-state index in [1.54, 1.807) is 18.2 Å². The first-order chi connectivity index (χ1) is 9.98. The Kier molecular flexibility index (Phi) is 3.75. The Balaban J connectivity index is 1.86. The molecule has 2 heterocycles. The number of imidazole rings is 1. The SMILES string of the molecule is CC(C)S(=O)(=O)N1CCCC(c2nc3ccccc3[nH]2)C1. The van der Waals surface area contributed by atoms with Crippen LogP contribution in [0.15, 0.2) is 24.3 Å². The van der Waals surface area contributed by atoms with Crippen molar-refractivity contribution in [1.82, 2.24) is 14.3 Å². The van der Waals surface area contributed by atoms with E-state index in [0.29, 0.717) is 13.1 Å². The lowest BCUT2D eigenvalue weighted by Crippen LogP contribution is -2.42. The Labute approximate surface area is 125 Å². The van der Waals surface area contributed by atoms with Crippen molar-refractivity contribution in [3.8, 4) is 0 Å². The highest BCUT2D eigenvalue weighted by molar-refractivity contribution is 7.89. The lowest BCUT2D eigenvalue weighted by atomic mass is 9.99. The van der Waals surface area contributed by atoms with E-state index in [4.69, 9.17) is 0 Å². The molecule has 0 bridgehead atoms. The summed E-state index contributed by atoms with van der Waals surface area (Å²) in [5, 5.41) is -0.369. The van der Waals surface area contributed by atoms with Crippen molar-refractivity contribution in [2.45, 2.75) is 37.9 Å². The predicted molar refractivity (Wildman–Crippen MR) is 83.7 cm³/mol. The van der Waals surface area contributed by atoms with Gasteiger partial charge in [0.1, 0.15) is 5.82 Å². The van der Waals surface area contributed by atoms with Gasteiger partial charge in [0.25, 0.3) is 0 Å². The zero-order valence-corrected chi connectivity index (χ0v) is 13.2. The van der Waals surface area contributed by atoms with Crippen molar-refractivity contribution in [1.29, 1.82) is 0 Å². The molecule has 0 saturated carbocycles. The molecule has 5 nitrogen and oxygen atoms in total. The van der Waals surface area contributed by atoms with Crippen molar-refractivity contribution >= 4 is 21.1 Å². The van der Waals surface area contributed by atoms with Gasteiger partial charge in [0.2, 0.25) is 10.0 Å². The summed E-state index contributed by atoms with van der Waals surface area (Å²) in [5.74, 6) is 1.06. The van der Waals surface area contributed by atoms with Gasteiger partial charge in [-0.25, -0.2) is 17.7 Å². The van der Waals surface area contributed by atoms with Gasteiger partial charge in [0.15, 0.2) is 0 Å². The van der Waals surface area contributed by atoms with Gasteiger partial charge in [-0.1, -0.05) is 12.1 Å². The van der Waals surface area contributed by atoms with E-state index in [0.717, 1.165) is 29.7 Å². The van der Waals surface area contributed by atoms with Gasteiger partial charge in [-0.3, -0.25) is 0 Å². The maximum atomic E-state index is 12.3. The summed E-state index contributed by atoms with van der Waals surface area (Å²) >= 11 is 0. The average Bonchev–Trinajstić information content (AvgIpc) is 2.91. The quantitative estimate of drug-likeness (QED) is 0.947. The predicted octanol–water partition coefficient (Wildman–Crippen LogP) is 2.48. The molecule has 3 rings (SSSR count). The number of H-pyrrole nitrogens is 1. The molecule has 1 unspecified atom stereocenters. The molecule has 0 spiro atoms. The molecule has 1 saturated heterocycles. The second kappa shape index (κ2) is 5.42. The smallest absolute Gasteiger partial charge is 0.216 e. The summed E-state index contributed by atoms with van der Waals surface area (Å²) in [7, 11) is -3.18. The fraction of sp³-hybridized carbons (Fsp3) is 0.533. The third kappa shape index (κ3) is 2.70. The molecule has 0 radical (unpaired) electrons. The Morgan fingerprint density at radius 2 is 2.10 bits per heavy atom. The summed E-state index contributed by atoms with van der Waals surface area (Å²) < 4.78 is 26.3. The van der Waals surface area contributed by atoms with Crippen LogP contribution in [0.2, 0.25) is 0 Å². The van der Waals surface area contributed by atoms with Gasteiger partial charge >= 0.3 is 0 Å². The van der Waals surface area contributed by atoms with Crippen molar-refractivity contribution in [2.75, 3.05) is 13.1 Å². The van der Waals surface area contributed by atoms with Crippen molar-refractivity contribution in [2.24, 2.45) is 0 Å². The van der Waals surface area contributed by atoms with Gasteiger partial charge in [0, 0.05) is 19.0 Å². The van der Waals surface area contributed by atoms with E-state index < -0.39 is 10.0 Å². The van der Waals surface area contributed by atoms with E-state index >= 15 is 0 Å². The van der Waals surface area contributed by atoms with Crippen LogP contribution in [-0.4, -0.2) is 41.0 Å². The van der Waals surface area contributed by atoms with Crippen LogP contribution in [0.4, 0.5) is 0 Å². The average molecular weight is 307 g/mol. The Morgan fingerprint density at radius 1 is 1.33 bits per heavy atom. The van der Waals surface area contributed by atoms with Gasteiger partial charge in [-0.05, 0) is 38.8 Å². The first-order valence-electron chi connectivity index (χ1n) is 7.42. The molecular weight excluding hydrogens is 286 g/mol. The van der Waals surface area contributed by atoms with Gasteiger partial charge in [0.05, 0.1) is 16.3 Å². The van der Waals surface area contributed by atoms with Crippen LogP contribution < -0.4 is 0 Å². The number of aromatic amines is 1. The Morgan fingerprint density at radius 3 is 2.81 bits per heavy atom. The Hall–Kier alpha value is -1.40. The number of aromatic nitrogens is 2. The van der Waals surface area contributed by atoms with Crippen LogP contribution in [0.25, 0.3) is 11.0 Å². The number of sulfonamides is 1. The molecule has 1 aromatic carbocycles. The molecule has 0 aliphatic carbocycles. The molecular formula is C15H21N3O2S. The van der Waals surface area contributed by atoms with Gasteiger partial charge < -0.3 is 4.98 Å². The highest BCUT2D eigenvalue weighted by Gasteiger charge is 2.32. The fourth-order valence-corrected chi connectivity index (χ4v) is 4.23. The zero-order chi connectivity index (χ0) is 15.0. The fourth-order valence-electron chi connectivity index (χ4n) is 2.86. The van der Waals surface area contributed by atoms with Gasteiger partial charge in [-0.2, -0.15) is 0 Å². The maximum absolute atomic E-state index is 12.3. The molecule has 1 aliphatic heterocycles. The minimum atomic E-state index is -3.18. The number of hydrogen-bond donors (Lipinski definition) is 1.